The number of carbonyl (C=O) groups excluding carboxylic acids is 2. The molecule has 0 bridgehead atoms. The zero-order chi connectivity index (χ0) is 25.2. The maximum Gasteiger partial charge on any atom is 0.328 e. The molecule has 3 N–H and O–H groups in total. The molecule has 2 aliphatic heterocycles. The average Bonchev–Trinajstić information content (AvgIpc) is 3.23. The molecule has 190 valence electrons. The Morgan fingerprint density at radius 1 is 1.31 bits per heavy atom. The molecule has 0 radical (unpaired) electrons. The van der Waals surface area contributed by atoms with E-state index in [1.807, 2.05) is 13.0 Å². The van der Waals surface area contributed by atoms with Crippen molar-refractivity contribution >= 4 is 34.4 Å². The minimum absolute atomic E-state index is 0.0114. The number of urea groups is 1. The third-order valence-electron chi connectivity index (χ3n) is 8.23. The fourth-order valence-electron chi connectivity index (χ4n) is 6.11. The summed E-state index contributed by atoms with van der Waals surface area (Å²) >= 11 is 6.13. The highest BCUT2D eigenvalue weighted by molar-refractivity contribution is 6.31. The van der Waals surface area contributed by atoms with Gasteiger partial charge in [-0.05, 0) is 68.5 Å². The quantitative estimate of drug-likeness (QED) is 0.363. The molecular weight excluding hydrogens is 483 g/mol. The zero-order valence-electron chi connectivity index (χ0n) is 20.2. The first-order valence-corrected chi connectivity index (χ1v) is 13.1. The highest BCUT2D eigenvalue weighted by Crippen LogP contribution is 2.50. The Balaban J connectivity index is 1.40. The van der Waals surface area contributed by atoms with Crippen LogP contribution < -0.4 is 5.32 Å². The van der Waals surface area contributed by atoms with Gasteiger partial charge in [0.2, 0.25) is 0 Å². The van der Waals surface area contributed by atoms with E-state index in [2.05, 4.69) is 10.3 Å². The number of aromatic amines is 1. The van der Waals surface area contributed by atoms with Gasteiger partial charge in [0.15, 0.2) is 0 Å². The van der Waals surface area contributed by atoms with E-state index >= 15 is 0 Å². The van der Waals surface area contributed by atoms with Gasteiger partial charge in [-0.15, -0.1) is 0 Å². The molecule has 0 spiro atoms. The summed E-state index contributed by atoms with van der Waals surface area (Å²) in [6.45, 7) is 2.92. The number of allylic oxidation sites excluding steroid dienone is 2. The van der Waals surface area contributed by atoms with Crippen LogP contribution in [0.2, 0.25) is 5.02 Å². The lowest BCUT2D eigenvalue weighted by atomic mass is 9.80. The molecule has 6 rings (SSSR count). The van der Waals surface area contributed by atoms with Crippen molar-refractivity contribution < 1.29 is 19.1 Å². The van der Waals surface area contributed by atoms with Gasteiger partial charge >= 0.3 is 6.03 Å². The topological polar surface area (TPSA) is 88.7 Å². The fraction of sp³-hybridized carbons (Fsp3) is 0.481. The molecule has 1 aromatic carbocycles. The number of rotatable bonds is 6. The van der Waals surface area contributed by atoms with Gasteiger partial charge < -0.3 is 15.4 Å². The normalized spacial score (nSPS) is 26.1. The summed E-state index contributed by atoms with van der Waals surface area (Å²) in [6.07, 6.45) is 9.46. The summed E-state index contributed by atoms with van der Waals surface area (Å²) in [7, 11) is 0. The third kappa shape index (κ3) is 3.57. The van der Waals surface area contributed by atoms with E-state index in [0.717, 1.165) is 28.8 Å². The van der Waals surface area contributed by atoms with Crippen LogP contribution in [0, 0.1) is 5.82 Å². The zero-order valence-corrected chi connectivity index (χ0v) is 21.0. The largest absolute Gasteiger partial charge is 0.512 e. The van der Waals surface area contributed by atoms with Crippen molar-refractivity contribution in [3.8, 4) is 0 Å². The molecule has 7 nitrogen and oxygen atoms in total. The number of hydrogen-bond donors (Lipinski definition) is 3. The van der Waals surface area contributed by atoms with Crippen molar-refractivity contribution in [3.05, 3.63) is 57.7 Å². The van der Waals surface area contributed by atoms with Crippen molar-refractivity contribution in [2.24, 2.45) is 0 Å². The first kappa shape index (κ1) is 23.6. The molecular formula is C27H30ClFN4O3. The van der Waals surface area contributed by atoms with E-state index in [1.165, 1.54) is 30.2 Å². The van der Waals surface area contributed by atoms with Gasteiger partial charge in [-0.25, -0.2) is 9.18 Å². The molecule has 1 saturated carbocycles. The van der Waals surface area contributed by atoms with Gasteiger partial charge in [-0.3, -0.25) is 14.6 Å². The molecule has 3 heterocycles. The molecule has 3 amide bonds. The number of carbonyl (C=O) groups is 2. The van der Waals surface area contributed by atoms with Crippen molar-refractivity contribution in [2.75, 3.05) is 13.1 Å². The number of H-pyrrole nitrogens is 1. The van der Waals surface area contributed by atoms with E-state index in [1.54, 1.807) is 17.0 Å². The molecule has 1 saturated heterocycles. The molecule has 9 heteroatoms. The Morgan fingerprint density at radius 3 is 2.83 bits per heavy atom. The lowest BCUT2D eigenvalue weighted by molar-refractivity contribution is -0.133. The van der Waals surface area contributed by atoms with Crippen LogP contribution >= 0.6 is 11.6 Å². The lowest BCUT2D eigenvalue weighted by Gasteiger charge is -2.43. The van der Waals surface area contributed by atoms with Crippen LogP contribution in [0.4, 0.5) is 9.18 Å². The van der Waals surface area contributed by atoms with Gasteiger partial charge in [-0.2, -0.15) is 0 Å². The van der Waals surface area contributed by atoms with Crippen molar-refractivity contribution in [3.63, 3.8) is 0 Å². The highest BCUT2D eigenvalue weighted by Gasteiger charge is 2.60. The second kappa shape index (κ2) is 8.63. The van der Waals surface area contributed by atoms with Gasteiger partial charge in [0.25, 0.3) is 5.91 Å². The van der Waals surface area contributed by atoms with Gasteiger partial charge in [0.05, 0.1) is 10.8 Å². The van der Waals surface area contributed by atoms with Gasteiger partial charge in [0.1, 0.15) is 17.4 Å². The van der Waals surface area contributed by atoms with E-state index < -0.39 is 17.4 Å². The van der Waals surface area contributed by atoms with E-state index in [4.69, 9.17) is 11.6 Å². The van der Waals surface area contributed by atoms with Crippen LogP contribution in [0.3, 0.4) is 0 Å². The number of hydrogen-bond acceptors (Lipinski definition) is 4. The number of fused-ring (bicyclic) bond motifs is 4. The van der Waals surface area contributed by atoms with Crippen molar-refractivity contribution in [1.29, 1.82) is 0 Å². The maximum atomic E-state index is 14.3. The second-order valence-corrected chi connectivity index (χ2v) is 11.0. The van der Waals surface area contributed by atoms with Crippen LogP contribution in [0.25, 0.3) is 10.9 Å². The smallest absolute Gasteiger partial charge is 0.328 e. The molecule has 2 aromatic rings. The standard InChI is InChI=1S/C27H30ClFN4O3/c1-27-14-19-18-12-20(28)21(29)13-22(18)31-23(19)24(15-5-2-8-17(34)11-15)33(27)26(36)32(25(27)35)10-4-9-30-16-6-3-7-16/h5,11-13,16,24,30-31,34H,2-4,6-10,14H2,1H3/t24-,27+/m1/s1. The first-order chi connectivity index (χ1) is 17.3. The maximum absolute atomic E-state index is 14.3. The first-order valence-electron chi connectivity index (χ1n) is 12.8. The number of aliphatic hydroxyl groups is 1. The third-order valence-corrected chi connectivity index (χ3v) is 8.52. The Bertz CT molecular complexity index is 1330. The summed E-state index contributed by atoms with van der Waals surface area (Å²) in [5.74, 6) is -0.517. The van der Waals surface area contributed by atoms with Gasteiger partial charge in [0, 0.05) is 42.0 Å². The van der Waals surface area contributed by atoms with Gasteiger partial charge in [-0.1, -0.05) is 24.1 Å². The van der Waals surface area contributed by atoms with Crippen LogP contribution in [0.5, 0.6) is 0 Å². The van der Waals surface area contributed by atoms with Crippen molar-refractivity contribution in [2.45, 2.75) is 69.5 Å². The Hall–Kier alpha value is -2.84. The Kier molecular flexibility index (Phi) is 5.64. The minimum atomic E-state index is -1.10. The number of aliphatic hydroxyl groups excluding tert-OH is 1. The average molecular weight is 513 g/mol. The number of imide groups is 1. The number of benzene rings is 1. The fourth-order valence-corrected chi connectivity index (χ4v) is 6.27. The Morgan fingerprint density at radius 2 is 2.11 bits per heavy atom. The highest BCUT2D eigenvalue weighted by atomic mass is 35.5. The number of nitrogens with zero attached hydrogens (tertiary/aromatic N) is 2. The summed E-state index contributed by atoms with van der Waals surface area (Å²) in [5, 5.41) is 14.6. The van der Waals surface area contributed by atoms with Crippen LogP contribution in [0.1, 0.15) is 62.7 Å². The monoisotopic (exact) mass is 512 g/mol. The lowest BCUT2D eigenvalue weighted by Crippen LogP contribution is -2.53. The minimum Gasteiger partial charge on any atom is -0.512 e. The van der Waals surface area contributed by atoms with E-state index in [9.17, 15) is 19.1 Å². The Labute approximate surface area is 214 Å². The molecule has 2 fully saturated rings. The summed E-state index contributed by atoms with van der Waals surface area (Å²) in [4.78, 5) is 34.0. The van der Waals surface area contributed by atoms with E-state index in [-0.39, 0.29) is 22.7 Å². The van der Waals surface area contributed by atoms with E-state index in [0.29, 0.717) is 43.8 Å². The number of halogens is 2. The molecule has 2 atom stereocenters. The molecule has 0 unspecified atom stereocenters. The summed E-state index contributed by atoms with van der Waals surface area (Å²) < 4.78 is 14.3. The molecule has 36 heavy (non-hydrogen) atoms. The SMILES string of the molecule is C[C@@]12Cc3c([nH]c4cc(F)c(Cl)cc34)[C@@H](C3=CCCC(O)=C3)N1C(=O)N(CCCNC1CCC1)C2=O. The number of aromatic nitrogens is 1. The van der Waals surface area contributed by atoms with Crippen molar-refractivity contribution in [1.82, 2.24) is 20.1 Å². The summed E-state index contributed by atoms with van der Waals surface area (Å²) in [6, 6.07) is 2.56. The molecule has 2 aliphatic carbocycles. The summed E-state index contributed by atoms with van der Waals surface area (Å²) in [5.41, 5.74) is 1.80. The molecule has 1 aromatic heterocycles. The van der Waals surface area contributed by atoms with Crippen LogP contribution in [0.15, 0.2) is 35.6 Å². The van der Waals surface area contributed by atoms with Crippen LogP contribution in [-0.4, -0.2) is 56.5 Å². The number of amides is 3. The second-order valence-electron chi connectivity index (χ2n) is 10.6. The predicted molar refractivity (Wildman–Crippen MR) is 135 cm³/mol. The molecule has 4 aliphatic rings. The number of nitrogens with one attached hydrogen (secondary N) is 2. The van der Waals surface area contributed by atoms with Crippen LogP contribution in [-0.2, 0) is 11.2 Å². The predicted octanol–water partition coefficient (Wildman–Crippen LogP) is 5.27.